The number of aliphatic hydroxyl groups is 1. The Hall–Kier alpha value is -3.43. The van der Waals surface area contributed by atoms with E-state index in [0.717, 1.165) is 16.9 Å². The number of hydrogen-bond acceptors (Lipinski definition) is 6. The smallest absolute Gasteiger partial charge is 0.196 e. The van der Waals surface area contributed by atoms with Gasteiger partial charge in [0.25, 0.3) is 0 Å². The summed E-state index contributed by atoms with van der Waals surface area (Å²) in [4.78, 5) is 4.29. The maximum absolute atomic E-state index is 14.2. The van der Waals surface area contributed by atoms with Crippen LogP contribution in [-0.2, 0) is 12.1 Å². The summed E-state index contributed by atoms with van der Waals surface area (Å²) in [6, 6.07) is 10.0. The number of aryl methyl sites for hydroxylation is 1. The first kappa shape index (κ1) is 24.3. The van der Waals surface area contributed by atoms with Crippen LogP contribution in [0.25, 0.3) is 17.1 Å². The van der Waals surface area contributed by atoms with Gasteiger partial charge in [0, 0.05) is 24.4 Å². The van der Waals surface area contributed by atoms with Gasteiger partial charge >= 0.3 is 0 Å². The zero-order valence-corrected chi connectivity index (χ0v) is 21.3. The summed E-state index contributed by atoms with van der Waals surface area (Å²) in [7, 11) is 1.62. The van der Waals surface area contributed by atoms with E-state index in [1.54, 1.807) is 33.4 Å². The van der Waals surface area contributed by atoms with Gasteiger partial charge in [-0.2, -0.15) is 0 Å². The van der Waals surface area contributed by atoms with Crippen molar-refractivity contribution in [3.05, 3.63) is 71.3 Å². The van der Waals surface area contributed by atoms with Crippen LogP contribution in [-0.4, -0.2) is 42.1 Å². The molecule has 8 nitrogen and oxygen atoms in total. The number of benzene rings is 2. The second-order valence-corrected chi connectivity index (χ2v) is 9.88. The van der Waals surface area contributed by atoms with E-state index in [-0.39, 0.29) is 10.8 Å². The Balaban J connectivity index is 1.59. The Morgan fingerprint density at radius 2 is 1.97 bits per heavy atom. The van der Waals surface area contributed by atoms with E-state index in [4.69, 9.17) is 21.1 Å². The predicted octanol–water partition coefficient (Wildman–Crippen LogP) is 5.08. The summed E-state index contributed by atoms with van der Waals surface area (Å²) in [6.45, 7) is 5.89. The molecule has 0 amide bonds. The number of rotatable bonds is 6. The third-order valence-corrected chi connectivity index (χ3v) is 6.93. The minimum Gasteiger partial charge on any atom is -0.495 e. The summed E-state index contributed by atoms with van der Waals surface area (Å²) in [6.07, 6.45) is 4.83. The van der Waals surface area contributed by atoms with Gasteiger partial charge in [-0.3, -0.25) is 0 Å². The van der Waals surface area contributed by atoms with Crippen molar-refractivity contribution in [1.82, 2.24) is 24.3 Å². The number of imidazole rings is 1. The first-order valence-electron chi connectivity index (χ1n) is 11.6. The zero-order valence-electron chi connectivity index (χ0n) is 20.5. The van der Waals surface area contributed by atoms with Crippen molar-refractivity contribution in [1.29, 1.82) is 0 Å². The molecule has 1 aliphatic heterocycles. The van der Waals surface area contributed by atoms with Gasteiger partial charge in [-0.15, -0.1) is 10.2 Å². The third-order valence-electron chi connectivity index (χ3n) is 6.62. The Bertz CT molecular complexity index is 1430. The predicted molar refractivity (Wildman–Crippen MR) is 133 cm³/mol. The summed E-state index contributed by atoms with van der Waals surface area (Å²) in [5.74, 6) is 1.40. The largest absolute Gasteiger partial charge is 0.495 e. The van der Waals surface area contributed by atoms with Crippen molar-refractivity contribution in [2.75, 3.05) is 7.11 Å². The first-order valence-corrected chi connectivity index (χ1v) is 12.0. The van der Waals surface area contributed by atoms with Crippen LogP contribution < -0.4 is 9.47 Å². The maximum Gasteiger partial charge on any atom is 0.196 e. The number of halogens is 2. The Labute approximate surface area is 213 Å². The highest BCUT2D eigenvalue weighted by molar-refractivity contribution is 6.30. The molecule has 0 fully saturated rings. The lowest BCUT2D eigenvalue weighted by Crippen LogP contribution is -2.55. The summed E-state index contributed by atoms with van der Waals surface area (Å²) >= 11 is 5.85. The van der Waals surface area contributed by atoms with Gasteiger partial charge in [-0.05, 0) is 63.9 Å². The van der Waals surface area contributed by atoms with Crippen LogP contribution in [0.4, 0.5) is 4.39 Å². The van der Waals surface area contributed by atoms with Gasteiger partial charge in [0.1, 0.15) is 22.9 Å². The molecule has 1 atom stereocenters. The fraction of sp³-hybridized carbons (Fsp3) is 0.346. The van der Waals surface area contributed by atoms with Crippen LogP contribution in [0.2, 0.25) is 5.02 Å². The van der Waals surface area contributed by atoms with Crippen molar-refractivity contribution in [3.63, 3.8) is 0 Å². The number of ether oxygens (including phenoxy) is 2. The van der Waals surface area contributed by atoms with E-state index in [2.05, 4.69) is 15.2 Å². The highest BCUT2D eigenvalue weighted by Gasteiger charge is 2.53. The molecule has 36 heavy (non-hydrogen) atoms. The first-order chi connectivity index (χ1) is 17.1. The monoisotopic (exact) mass is 511 g/mol. The van der Waals surface area contributed by atoms with Crippen LogP contribution >= 0.6 is 11.6 Å². The quantitative estimate of drug-likeness (QED) is 0.388. The number of nitrogens with zero attached hydrogens (tertiary/aromatic N) is 5. The molecule has 0 saturated heterocycles. The SMILES string of the molecule is COc1cc(-c2nnc3n2CCCC3(Oc2ccc(Cl)c(F)c2)C(C)(C)O)ccc1-n1cnc(C)c1. The minimum atomic E-state index is -1.35. The molecule has 0 spiro atoms. The molecule has 4 aromatic rings. The molecule has 1 N–H and O–H groups in total. The van der Waals surface area contributed by atoms with Crippen LogP contribution in [0.1, 0.15) is 38.2 Å². The van der Waals surface area contributed by atoms with E-state index in [1.807, 2.05) is 40.5 Å². The average molecular weight is 512 g/mol. The van der Waals surface area contributed by atoms with Crippen LogP contribution in [0.15, 0.2) is 48.9 Å². The van der Waals surface area contributed by atoms with Crippen LogP contribution in [0, 0.1) is 12.7 Å². The lowest BCUT2D eigenvalue weighted by atomic mass is 9.79. The fourth-order valence-corrected chi connectivity index (χ4v) is 4.87. The van der Waals surface area contributed by atoms with E-state index < -0.39 is 17.0 Å². The normalized spacial score (nSPS) is 17.6. The average Bonchev–Trinajstić information content (AvgIpc) is 3.47. The minimum absolute atomic E-state index is 0.00277. The van der Waals surface area contributed by atoms with Crippen molar-refractivity contribution < 1.29 is 19.0 Å². The highest BCUT2D eigenvalue weighted by Crippen LogP contribution is 2.45. The molecule has 1 unspecified atom stereocenters. The molecule has 0 bridgehead atoms. The van der Waals surface area contributed by atoms with E-state index in [1.165, 1.54) is 12.1 Å². The van der Waals surface area contributed by atoms with Gasteiger partial charge in [-0.25, -0.2) is 9.37 Å². The highest BCUT2D eigenvalue weighted by atomic mass is 35.5. The molecule has 0 aliphatic carbocycles. The Kier molecular flexibility index (Phi) is 6.00. The van der Waals surface area contributed by atoms with Gasteiger partial charge in [-0.1, -0.05) is 11.6 Å². The maximum atomic E-state index is 14.2. The van der Waals surface area contributed by atoms with Gasteiger partial charge in [0.2, 0.25) is 0 Å². The number of hydrogen-bond donors (Lipinski definition) is 1. The van der Waals surface area contributed by atoms with Crippen LogP contribution in [0.3, 0.4) is 0 Å². The van der Waals surface area contributed by atoms with Crippen molar-refractivity contribution in [2.24, 2.45) is 0 Å². The molecule has 10 heteroatoms. The van der Waals surface area contributed by atoms with E-state index in [9.17, 15) is 9.50 Å². The molecule has 5 rings (SSSR count). The molecule has 1 aliphatic rings. The lowest BCUT2D eigenvalue weighted by molar-refractivity contribution is -0.137. The summed E-state index contributed by atoms with van der Waals surface area (Å²) < 4.78 is 30.0. The summed E-state index contributed by atoms with van der Waals surface area (Å²) in [5, 5.41) is 20.3. The molecular weight excluding hydrogens is 485 g/mol. The molecule has 188 valence electrons. The molecule has 3 heterocycles. The number of methoxy groups -OCH3 is 1. The standard InChI is InChI=1S/C26H27ClFN5O3/c1-16-14-32(15-29-16)21-9-6-17(12-22(21)35-4)23-30-31-24-26(25(2,3)34,10-5-11-33(23)24)36-18-7-8-19(27)20(28)13-18/h6-9,12-15,34H,5,10-11H2,1-4H3. The van der Waals surface area contributed by atoms with Crippen LogP contribution in [0.5, 0.6) is 11.5 Å². The van der Waals surface area contributed by atoms with E-state index >= 15 is 0 Å². The fourth-order valence-electron chi connectivity index (χ4n) is 4.75. The lowest BCUT2D eigenvalue weighted by Gasteiger charge is -2.44. The van der Waals surface area contributed by atoms with Gasteiger partial charge < -0.3 is 23.7 Å². The Morgan fingerprint density at radius 1 is 1.17 bits per heavy atom. The van der Waals surface area contributed by atoms with Crippen molar-refractivity contribution >= 4 is 11.6 Å². The van der Waals surface area contributed by atoms with Crippen molar-refractivity contribution in [3.8, 4) is 28.6 Å². The Morgan fingerprint density at radius 3 is 2.64 bits per heavy atom. The zero-order chi connectivity index (χ0) is 25.7. The number of aromatic nitrogens is 5. The van der Waals surface area contributed by atoms with Crippen molar-refractivity contribution in [2.45, 2.75) is 51.4 Å². The molecular formula is C26H27ClFN5O3. The summed E-state index contributed by atoms with van der Waals surface area (Å²) in [5.41, 5.74) is -0.0627. The third kappa shape index (κ3) is 4.02. The molecule has 0 radical (unpaired) electrons. The molecule has 2 aromatic heterocycles. The van der Waals surface area contributed by atoms with Gasteiger partial charge in [0.05, 0.1) is 29.8 Å². The second-order valence-electron chi connectivity index (χ2n) is 9.48. The second kappa shape index (κ2) is 8.90. The topological polar surface area (TPSA) is 87.2 Å². The molecule has 0 saturated carbocycles. The van der Waals surface area contributed by atoms with Gasteiger partial charge in [0.15, 0.2) is 17.2 Å². The van der Waals surface area contributed by atoms with E-state index in [0.29, 0.717) is 36.8 Å². The molecule has 2 aromatic carbocycles. The number of fused-ring (bicyclic) bond motifs is 1.